The Morgan fingerprint density at radius 2 is 1.95 bits per heavy atom. The van der Waals surface area contributed by atoms with Crippen LogP contribution < -0.4 is 10.1 Å². The maximum atomic E-state index is 12.2. The Hall–Kier alpha value is -1.84. The number of hydrogen-bond acceptors (Lipinski definition) is 5. The molecule has 2 unspecified atom stereocenters. The highest BCUT2D eigenvalue weighted by Crippen LogP contribution is 2.28. The molecule has 0 saturated heterocycles. The first-order valence-corrected chi connectivity index (χ1v) is 5.79. The van der Waals surface area contributed by atoms with E-state index in [9.17, 15) is 28.2 Å². The number of ether oxygens (including phenoxy) is 1. The van der Waals surface area contributed by atoms with Crippen molar-refractivity contribution in [3.05, 3.63) is 29.3 Å². The molecule has 1 rings (SSSR count). The van der Waals surface area contributed by atoms with Crippen molar-refractivity contribution in [3.8, 4) is 5.75 Å². The van der Waals surface area contributed by atoms with Crippen LogP contribution in [-0.2, 0) is 0 Å². The zero-order valence-electron chi connectivity index (χ0n) is 10.9. The van der Waals surface area contributed by atoms with Crippen LogP contribution in [0.1, 0.15) is 22.0 Å². The lowest BCUT2D eigenvalue weighted by molar-refractivity contribution is -0.274. The van der Waals surface area contributed by atoms with Gasteiger partial charge in [0.2, 0.25) is 0 Å². The molecule has 2 atom stereocenters. The highest BCUT2D eigenvalue weighted by Gasteiger charge is 2.32. The fourth-order valence-corrected chi connectivity index (χ4v) is 1.65. The first kappa shape index (κ1) is 17.2. The zero-order valence-corrected chi connectivity index (χ0v) is 10.9. The number of halogens is 3. The molecule has 0 aliphatic rings. The van der Waals surface area contributed by atoms with Crippen molar-refractivity contribution in [1.82, 2.24) is 5.32 Å². The zero-order chi connectivity index (χ0) is 16.2. The molecule has 0 spiro atoms. The van der Waals surface area contributed by atoms with Crippen LogP contribution in [0, 0.1) is 0 Å². The number of nitrogens with one attached hydrogen (secondary N) is 1. The molecule has 4 N–H and O–H groups in total. The molecule has 0 amide bonds. The van der Waals surface area contributed by atoms with Crippen LogP contribution in [0.15, 0.2) is 18.2 Å². The number of aromatic carboxylic acids is 1. The van der Waals surface area contributed by atoms with E-state index in [1.54, 1.807) is 0 Å². The van der Waals surface area contributed by atoms with E-state index in [2.05, 4.69) is 10.1 Å². The fraction of sp³-hybridized carbons (Fsp3) is 0.417. The monoisotopic (exact) mass is 309 g/mol. The lowest BCUT2D eigenvalue weighted by Crippen LogP contribution is -2.29. The number of carboxylic acid groups (broad SMARTS) is 1. The average molecular weight is 309 g/mol. The van der Waals surface area contributed by atoms with Crippen LogP contribution in [0.4, 0.5) is 13.2 Å². The van der Waals surface area contributed by atoms with E-state index in [1.165, 1.54) is 7.05 Å². The Bertz CT molecular complexity index is 506. The second-order valence-corrected chi connectivity index (χ2v) is 4.21. The third-order valence-corrected chi connectivity index (χ3v) is 2.53. The van der Waals surface area contributed by atoms with E-state index in [0.717, 1.165) is 12.1 Å². The summed E-state index contributed by atoms with van der Waals surface area (Å²) in [5.74, 6) is -2.27. The van der Waals surface area contributed by atoms with E-state index in [1.807, 2.05) is 0 Å². The standard InChI is InChI=1S/C12H14F3NO5/c1-16-5-9(17)10(18)6-2-7(11(19)20)4-8(3-6)21-12(13,14)15/h2-4,9-10,16-18H,5H2,1H3,(H,19,20). The molecule has 1 aromatic carbocycles. The lowest BCUT2D eigenvalue weighted by atomic mass is 10.0. The summed E-state index contributed by atoms with van der Waals surface area (Å²) in [4.78, 5) is 10.9. The topological polar surface area (TPSA) is 99.0 Å². The summed E-state index contributed by atoms with van der Waals surface area (Å²) in [6.45, 7) is -0.0338. The normalized spacial score (nSPS) is 14.6. The highest BCUT2D eigenvalue weighted by molar-refractivity contribution is 5.88. The van der Waals surface area contributed by atoms with E-state index >= 15 is 0 Å². The van der Waals surface area contributed by atoms with Crippen molar-refractivity contribution in [1.29, 1.82) is 0 Å². The quantitative estimate of drug-likeness (QED) is 0.623. The summed E-state index contributed by atoms with van der Waals surface area (Å²) in [6.07, 6.45) is -7.88. The fourth-order valence-electron chi connectivity index (χ4n) is 1.65. The van der Waals surface area contributed by atoms with Crippen molar-refractivity contribution in [2.75, 3.05) is 13.6 Å². The molecule has 0 aliphatic carbocycles. The number of benzene rings is 1. The molecule has 0 heterocycles. The molecule has 118 valence electrons. The van der Waals surface area contributed by atoms with Gasteiger partial charge in [0, 0.05) is 6.54 Å². The maximum absolute atomic E-state index is 12.2. The number of aliphatic hydroxyl groups is 2. The predicted octanol–water partition coefficient (Wildman–Crippen LogP) is 0.897. The lowest BCUT2D eigenvalue weighted by Gasteiger charge is -2.19. The summed E-state index contributed by atoms with van der Waals surface area (Å²) in [6, 6.07) is 2.47. The van der Waals surface area contributed by atoms with Gasteiger partial charge in [-0.2, -0.15) is 0 Å². The van der Waals surface area contributed by atoms with Gasteiger partial charge in [0.25, 0.3) is 0 Å². The SMILES string of the molecule is CNCC(O)C(O)c1cc(OC(F)(F)F)cc(C(=O)O)c1. The van der Waals surface area contributed by atoms with E-state index < -0.39 is 35.9 Å². The first-order valence-electron chi connectivity index (χ1n) is 5.79. The van der Waals surface area contributed by atoms with Gasteiger partial charge < -0.3 is 25.4 Å². The van der Waals surface area contributed by atoms with Gasteiger partial charge in [-0.15, -0.1) is 13.2 Å². The van der Waals surface area contributed by atoms with Gasteiger partial charge >= 0.3 is 12.3 Å². The van der Waals surface area contributed by atoms with E-state index in [-0.39, 0.29) is 12.1 Å². The van der Waals surface area contributed by atoms with Crippen molar-refractivity contribution in [3.63, 3.8) is 0 Å². The molecule has 0 fully saturated rings. The molecule has 6 nitrogen and oxygen atoms in total. The van der Waals surface area contributed by atoms with E-state index in [4.69, 9.17) is 5.11 Å². The Morgan fingerprint density at radius 3 is 2.43 bits per heavy atom. The second-order valence-electron chi connectivity index (χ2n) is 4.21. The van der Waals surface area contributed by atoms with Crippen LogP contribution >= 0.6 is 0 Å². The van der Waals surface area contributed by atoms with Gasteiger partial charge in [0.15, 0.2) is 0 Å². The largest absolute Gasteiger partial charge is 0.573 e. The maximum Gasteiger partial charge on any atom is 0.573 e. The third kappa shape index (κ3) is 5.21. The van der Waals surface area contributed by atoms with Crippen molar-refractivity contribution in [2.45, 2.75) is 18.6 Å². The summed E-state index contributed by atoms with van der Waals surface area (Å²) < 4.78 is 40.2. The van der Waals surface area contributed by atoms with Gasteiger partial charge in [-0.1, -0.05) is 0 Å². The molecule has 0 aliphatic heterocycles. The van der Waals surface area contributed by atoms with Gasteiger partial charge in [-0.3, -0.25) is 0 Å². The van der Waals surface area contributed by atoms with Crippen LogP contribution in [0.2, 0.25) is 0 Å². The van der Waals surface area contributed by atoms with Crippen LogP contribution in [0.25, 0.3) is 0 Å². The molecule has 0 saturated carbocycles. The molecule has 1 aromatic rings. The van der Waals surface area contributed by atoms with Crippen molar-refractivity contribution < 1.29 is 38.0 Å². The number of likely N-dealkylation sites (N-methyl/N-ethyl adjacent to an activating group) is 1. The van der Waals surface area contributed by atoms with Crippen LogP contribution in [0.3, 0.4) is 0 Å². The number of aliphatic hydroxyl groups excluding tert-OH is 2. The van der Waals surface area contributed by atoms with Crippen molar-refractivity contribution >= 4 is 5.97 Å². The number of carbonyl (C=O) groups is 1. The summed E-state index contributed by atoms with van der Waals surface area (Å²) in [7, 11) is 1.50. The van der Waals surface area contributed by atoms with Crippen LogP contribution in [0.5, 0.6) is 5.75 Å². The number of hydrogen-bond donors (Lipinski definition) is 4. The summed E-state index contributed by atoms with van der Waals surface area (Å²) in [5.41, 5.74) is -0.695. The smallest absolute Gasteiger partial charge is 0.478 e. The van der Waals surface area contributed by atoms with Gasteiger partial charge in [-0.05, 0) is 30.8 Å². The number of alkyl halides is 3. The Morgan fingerprint density at radius 1 is 1.33 bits per heavy atom. The number of rotatable bonds is 6. The van der Waals surface area contributed by atoms with E-state index in [0.29, 0.717) is 6.07 Å². The minimum atomic E-state index is -5.00. The molecule has 21 heavy (non-hydrogen) atoms. The Labute approximate surface area is 117 Å². The van der Waals surface area contributed by atoms with Gasteiger partial charge in [0.1, 0.15) is 11.9 Å². The predicted molar refractivity (Wildman–Crippen MR) is 65.0 cm³/mol. The summed E-state index contributed by atoms with van der Waals surface area (Å²) >= 11 is 0. The number of carboxylic acids is 1. The van der Waals surface area contributed by atoms with Gasteiger partial charge in [0.05, 0.1) is 11.7 Å². The van der Waals surface area contributed by atoms with Crippen molar-refractivity contribution in [2.24, 2.45) is 0 Å². The Kier molecular flexibility index (Phi) is 5.53. The second kappa shape index (κ2) is 6.74. The minimum Gasteiger partial charge on any atom is -0.478 e. The molecule has 9 heteroatoms. The molecule has 0 radical (unpaired) electrons. The molecular weight excluding hydrogens is 295 g/mol. The molecule has 0 bridgehead atoms. The van der Waals surface area contributed by atoms with Gasteiger partial charge in [-0.25, -0.2) is 4.79 Å². The molecule has 0 aromatic heterocycles. The summed E-state index contributed by atoms with van der Waals surface area (Å²) in [5, 5.41) is 30.9. The first-order chi connectivity index (χ1) is 9.64. The highest BCUT2D eigenvalue weighted by atomic mass is 19.4. The van der Waals surface area contributed by atoms with Crippen LogP contribution in [-0.4, -0.2) is 47.3 Å². The minimum absolute atomic E-state index is 0.0338. The molecular formula is C12H14F3NO5. The third-order valence-electron chi connectivity index (χ3n) is 2.53. The Balaban J connectivity index is 3.16. The average Bonchev–Trinajstić information content (AvgIpc) is 2.35.